The van der Waals surface area contributed by atoms with E-state index in [-0.39, 0.29) is 18.3 Å². The summed E-state index contributed by atoms with van der Waals surface area (Å²) in [6, 6.07) is 4.20. The van der Waals surface area contributed by atoms with Crippen LogP contribution in [0, 0.1) is 5.92 Å². The van der Waals surface area contributed by atoms with Crippen molar-refractivity contribution >= 4 is 34.7 Å². The molecule has 0 spiro atoms. The number of rotatable bonds is 3. The fraction of sp³-hybridized carbons (Fsp3) is 0.545. The van der Waals surface area contributed by atoms with Crippen molar-refractivity contribution in [3.8, 4) is 0 Å². The van der Waals surface area contributed by atoms with Crippen LogP contribution < -0.4 is 10.6 Å². The predicted octanol–water partition coefficient (Wildman–Crippen LogP) is 2.74. The minimum absolute atomic E-state index is 0. The number of hydrogen-bond acceptors (Lipinski definition) is 3. The summed E-state index contributed by atoms with van der Waals surface area (Å²) in [7, 11) is 1.86. The van der Waals surface area contributed by atoms with Gasteiger partial charge in [0, 0.05) is 13.1 Å². The Morgan fingerprint density at radius 2 is 2.12 bits per heavy atom. The summed E-state index contributed by atoms with van der Waals surface area (Å²) in [6.45, 7) is 2.22. The standard InChI is InChI=1S/C11H16N2OS.ClH/c1-7-5-8(6-7)13-11(14)9-3-4-10(12-2)15-9;/h3-4,7-8,12H,5-6H2,1-2H3,(H,13,14);1H. The normalized spacial score (nSPS) is 22.9. The molecule has 1 saturated carbocycles. The molecule has 1 fully saturated rings. The number of nitrogens with one attached hydrogen (secondary N) is 2. The van der Waals surface area contributed by atoms with Gasteiger partial charge < -0.3 is 10.6 Å². The van der Waals surface area contributed by atoms with Gasteiger partial charge in [-0.2, -0.15) is 0 Å². The van der Waals surface area contributed by atoms with Gasteiger partial charge in [0.1, 0.15) is 0 Å². The van der Waals surface area contributed by atoms with Gasteiger partial charge in [-0.15, -0.1) is 23.7 Å². The maximum atomic E-state index is 11.8. The van der Waals surface area contributed by atoms with Crippen molar-refractivity contribution in [1.82, 2.24) is 5.32 Å². The van der Waals surface area contributed by atoms with Crippen molar-refractivity contribution in [3.63, 3.8) is 0 Å². The maximum Gasteiger partial charge on any atom is 0.261 e. The molecule has 1 aromatic rings. The summed E-state index contributed by atoms with van der Waals surface area (Å²) in [4.78, 5) is 12.5. The predicted molar refractivity (Wildman–Crippen MR) is 70.8 cm³/mol. The van der Waals surface area contributed by atoms with Gasteiger partial charge in [-0.1, -0.05) is 6.92 Å². The second-order valence-corrected chi connectivity index (χ2v) is 5.24. The zero-order valence-corrected chi connectivity index (χ0v) is 11.1. The van der Waals surface area contributed by atoms with Crippen molar-refractivity contribution in [3.05, 3.63) is 17.0 Å². The number of hydrogen-bond donors (Lipinski definition) is 2. The van der Waals surface area contributed by atoms with Gasteiger partial charge in [0.2, 0.25) is 0 Å². The molecule has 90 valence electrons. The van der Waals surface area contributed by atoms with E-state index in [1.165, 1.54) is 11.3 Å². The van der Waals surface area contributed by atoms with E-state index < -0.39 is 0 Å². The van der Waals surface area contributed by atoms with Crippen molar-refractivity contribution in [2.24, 2.45) is 5.92 Å². The Kier molecular flexibility index (Phi) is 4.62. The van der Waals surface area contributed by atoms with E-state index in [1.54, 1.807) is 0 Å². The molecule has 1 amide bonds. The molecular formula is C11H17ClN2OS. The Morgan fingerprint density at radius 3 is 2.62 bits per heavy atom. The van der Waals surface area contributed by atoms with Crippen LogP contribution in [0.5, 0.6) is 0 Å². The monoisotopic (exact) mass is 260 g/mol. The SMILES string of the molecule is CNc1ccc(C(=O)NC2CC(C)C2)s1.Cl. The van der Waals surface area contributed by atoms with Crippen molar-refractivity contribution < 1.29 is 4.79 Å². The molecule has 0 aliphatic heterocycles. The van der Waals surface area contributed by atoms with Gasteiger partial charge in [-0.05, 0) is 30.9 Å². The fourth-order valence-corrected chi connectivity index (χ4v) is 2.63. The van der Waals surface area contributed by atoms with Crippen molar-refractivity contribution in [2.45, 2.75) is 25.8 Å². The summed E-state index contributed by atoms with van der Waals surface area (Å²) in [5.41, 5.74) is 0. The van der Waals surface area contributed by atoms with Crippen LogP contribution >= 0.6 is 23.7 Å². The van der Waals surface area contributed by atoms with Gasteiger partial charge in [0.15, 0.2) is 0 Å². The molecule has 5 heteroatoms. The van der Waals surface area contributed by atoms with E-state index in [0.29, 0.717) is 6.04 Å². The highest BCUT2D eigenvalue weighted by atomic mass is 35.5. The van der Waals surface area contributed by atoms with Crippen LogP contribution in [0.25, 0.3) is 0 Å². The molecule has 0 atom stereocenters. The summed E-state index contributed by atoms with van der Waals surface area (Å²) in [5, 5.41) is 7.10. The third kappa shape index (κ3) is 2.89. The molecular weight excluding hydrogens is 244 g/mol. The molecule has 3 nitrogen and oxygen atoms in total. The highest BCUT2D eigenvalue weighted by molar-refractivity contribution is 7.17. The highest BCUT2D eigenvalue weighted by Gasteiger charge is 2.27. The number of carbonyl (C=O) groups is 1. The van der Waals surface area contributed by atoms with E-state index in [0.717, 1.165) is 28.6 Å². The molecule has 1 aliphatic rings. The van der Waals surface area contributed by atoms with Gasteiger partial charge in [-0.25, -0.2) is 0 Å². The number of halogens is 1. The number of carbonyl (C=O) groups excluding carboxylic acids is 1. The first-order valence-electron chi connectivity index (χ1n) is 5.27. The molecule has 1 aliphatic carbocycles. The summed E-state index contributed by atoms with van der Waals surface area (Å²) in [6.07, 6.45) is 2.24. The molecule has 1 aromatic heterocycles. The first kappa shape index (κ1) is 13.3. The second kappa shape index (κ2) is 5.55. The van der Waals surface area contributed by atoms with Crippen LogP contribution in [0.1, 0.15) is 29.4 Å². The first-order valence-corrected chi connectivity index (χ1v) is 6.09. The van der Waals surface area contributed by atoms with E-state index >= 15 is 0 Å². The van der Waals surface area contributed by atoms with Crippen LogP contribution in [-0.2, 0) is 0 Å². The van der Waals surface area contributed by atoms with Gasteiger partial charge in [-0.3, -0.25) is 4.79 Å². The number of thiophene rings is 1. The summed E-state index contributed by atoms with van der Waals surface area (Å²) in [5.74, 6) is 0.838. The molecule has 0 bridgehead atoms. The molecule has 0 radical (unpaired) electrons. The maximum absolute atomic E-state index is 11.8. The van der Waals surface area contributed by atoms with Gasteiger partial charge in [0.25, 0.3) is 5.91 Å². The smallest absolute Gasteiger partial charge is 0.261 e. The van der Waals surface area contributed by atoms with Crippen molar-refractivity contribution in [1.29, 1.82) is 0 Å². The lowest BCUT2D eigenvalue weighted by Gasteiger charge is -2.33. The lowest BCUT2D eigenvalue weighted by molar-refractivity contribution is 0.0900. The van der Waals surface area contributed by atoms with Crippen LogP contribution in [0.3, 0.4) is 0 Å². The number of anilines is 1. The average molecular weight is 261 g/mol. The fourth-order valence-electron chi connectivity index (χ4n) is 1.87. The molecule has 16 heavy (non-hydrogen) atoms. The van der Waals surface area contributed by atoms with Gasteiger partial charge >= 0.3 is 0 Å². The molecule has 0 unspecified atom stereocenters. The number of amides is 1. The second-order valence-electron chi connectivity index (χ2n) is 4.16. The lowest BCUT2D eigenvalue weighted by atomic mass is 9.82. The zero-order valence-electron chi connectivity index (χ0n) is 9.45. The molecule has 2 rings (SSSR count). The van der Waals surface area contributed by atoms with Gasteiger partial charge in [0.05, 0.1) is 9.88 Å². The lowest BCUT2D eigenvalue weighted by Crippen LogP contribution is -2.43. The van der Waals surface area contributed by atoms with Crippen LogP contribution in [0.15, 0.2) is 12.1 Å². The zero-order chi connectivity index (χ0) is 10.8. The minimum Gasteiger partial charge on any atom is -0.380 e. The van der Waals surface area contributed by atoms with Crippen LogP contribution in [0.2, 0.25) is 0 Å². The Hall–Kier alpha value is -0.740. The summed E-state index contributed by atoms with van der Waals surface area (Å²) >= 11 is 1.50. The summed E-state index contributed by atoms with van der Waals surface area (Å²) < 4.78 is 0. The third-order valence-electron chi connectivity index (χ3n) is 2.79. The topological polar surface area (TPSA) is 41.1 Å². The van der Waals surface area contributed by atoms with E-state index in [1.807, 2.05) is 19.2 Å². The minimum atomic E-state index is 0. The molecule has 0 saturated heterocycles. The molecule has 0 aromatic carbocycles. The average Bonchev–Trinajstić information content (AvgIpc) is 2.63. The Morgan fingerprint density at radius 1 is 1.44 bits per heavy atom. The van der Waals surface area contributed by atoms with E-state index in [4.69, 9.17) is 0 Å². The first-order chi connectivity index (χ1) is 7.19. The molecule has 2 N–H and O–H groups in total. The van der Waals surface area contributed by atoms with Crippen LogP contribution in [-0.4, -0.2) is 19.0 Å². The Bertz CT molecular complexity index is 361. The Labute approximate surface area is 106 Å². The van der Waals surface area contributed by atoms with E-state index in [2.05, 4.69) is 17.6 Å². The largest absolute Gasteiger partial charge is 0.380 e. The third-order valence-corrected chi connectivity index (χ3v) is 3.89. The van der Waals surface area contributed by atoms with E-state index in [9.17, 15) is 4.79 Å². The molecule has 1 heterocycles. The quantitative estimate of drug-likeness (QED) is 0.878. The highest BCUT2D eigenvalue weighted by Crippen LogP contribution is 2.27. The Balaban J connectivity index is 0.00000128. The van der Waals surface area contributed by atoms with Crippen molar-refractivity contribution in [2.75, 3.05) is 12.4 Å². The van der Waals surface area contributed by atoms with Crippen LogP contribution in [0.4, 0.5) is 5.00 Å².